The molecule has 1 aliphatic rings. The van der Waals surface area contributed by atoms with Gasteiger partial charge in [-0.1, -0.05) is 54.6 Å². The summed E-state index contributed by atoms with van der Waals surface area (Å²) in [6, 6.07) is 30.0. The van der Waals surface area contributed by atoms with E-state index in [0.717, 1.165) is 79.8 Å². The number of fused-ring (bicyclic) bond motifs is 3. The number of hydrogen-bond donors (Lipinski definition) is 0. The van der Waals surface area contributed by atoms with E-state index in [2.05, 4.69) is 55.3 Å². The minimum absolute atomic E-state index is 0.164. The Labute approximate surface area is 294 Å². The second-order valence-electron chi connectivity index (χ2n) is 12.7. The molecule has 0 unspecified atom stereocenters. The fraction of sp³-hybridized carbons (Fsp3) is 0.256. The lowest BCUT2D eigenvalue weighted by Crippen LogP contribution is -2.26. The first-order valence-electron chi connectivity index (χ1n) is 16.8. The summed E-state index contributed by atoms with van der Waals surface area (Å²) >= 11 is 0. The molecule has 0 amide bonds. The standard InChI is InChI=1S/C43H43NO6/c1-27-11-12-32(43(46)50-22-21-47-4)24-36(27)40-28(2)37-23-31-9-7-8-10-35(31)41(37)39(26-45)38(40)25-44(3)42(29-13-17-33(48-5)18-14-29)30-15-19-34(49-6)20-16-30/h7-20,24,26,42H,21-23,25H2,1-6H3. The third kappa shape index (κ3) is 6.67. The molecule has 256 valence electrons. The number of nitrogens with zero attached hydrogens (tertiary/aromatic N) is 1. The number of aryl methyl sites for hydroxylation is 1. The summed E-state index contributed by atoms with van der Waals surface area (Å²) in [7, 11) is 6.98. The van der Waals surface area contributed by atoms with E-state index in [1.807, 2.05) is 55.5 Å². The van der Waals surface area contributed by atoms with Crippen LogP contribution in [0.5, 0.6) is 11.5 Å². The molecule has 0 radical (unpaired) electrons. The van der Waals surface area contributed by atoms with Gasteiger partial charge in [0.05, 0.1) is 32.4 Å². The smallest absolute Gasteiger partial charge is 0.338 e. The van der Waals surface area contributed by atoms with Crippen LogP contribution in [-0.4, -0.2) is 58.7 Å². The van der Waals surface area contributed by atoms with Crippen molar-refractivity contribution in [2.24, 2.45) is 0 Å². The average Bonchev–Trinajstić information content (AvgIpc) is 3.53. The summed E-state index contributed by atoms with van der Waals surface area (Å²) in [4.78, 5) is 28.8. The van der Waals surface area contributed by atoms with Crippen LogP contribution in [0.15, 0.2) is 91.0 Å². The fourth-order valence-corrected chi connectivity index (χ4v) is 7.24. The first-order valence-corrected chi connectivity index (χ1v) is 16.8. The molecule has 0 saturated heterocycles. The number of carbonyl (C=O) groups excluding carboxylic acids is 2. The van der Waals surface area contributed by atoms with Gasteiger partial charge in [0.15, 0.2) is 6.29 Å². The SMILES string of the molecule is COCCOC(=O)c1ccc(C)c(-c2c(C)c3c(c(C=O)c2CN(C)C(c2ccc(OC)cc2)c2ccc(OC)cc2)-c2ccccc2C3)c1. The zero-order chi connectivity index (χ0) is 35.4. The Kier molecular flexibility index (Phi) is 10.5. The topological polar surface area (TPSA) is 74.3 Å². The molecule has 1 aliphatic carbocycles. The third-order valence-corrected chi connectivity index (χ3v) is 9.77. The van der Waals surface area contributed by atoms with Crippen molar-refractivity contribution in [3.05, 3.63) is 141 Å². The highest BCUT2D eigenvalue weighted by atomic mass is 16.6. The van der Waals surface area contributed by atoms with Crippen LogP contribution in [0.25, 0.3) is 22.3 Å². The van der Waals surface area contributed by atoms with E-state index < -0.39 is 5.97 Å². The molecule has 0 N–H and O–H groups in total. The number of carbonyl (C=O) groups is 2. The van der Waals surface area contributed by atoms with E-state index in [1.165, 1.54) is 5.56 Å². The van der Waals surface area contributed by atoms with Gasteiger partial charge in [0.2, 0.25) is 0 Å². The number of esters is 1. The number of ether oxygens (including phenoxy) is 4. The molecule has 5 aromatic rings. The Morgan fingerprint density at radius 1 is 0.800 bits per heavy atom. The Morgan fingerprint density at radius 2 is 1.44 bits per heavy atom. The van der Waals surface area contributed by atoms with Crippen LogP contribution in [0.1, 0.15) is 65.7 Å². The maximum atomic E-state index is 13.4. The molecule has 0 heterocycles. The lowest BCUT2D eigenvalue weighted by Gasteiger charge is -2.32. The summed E-state index contributed by atoms with van der Waals surface area (Å²) in [6.45, 7) is 5.12. The summed E-state index contributed by atoms with van der Waals surface area (Å²) < 4.78 is 21.5. The van der Waals surface area contributed by atoms with Crippen LogP contribution < -0.4 is 9.47 Å². The molecule has 0 spiro atoms. The first-order chi connectivity index (χ1) is 24.3. The van der Waals surface area contributed by atoms with Crippen LogP contribution in [0.3, 0.4) is 0 Å². The Balaban J connectivity index is 1.54. The van der Waals surface area contributed by atoms with Crippen molar-refractivity contribution in [2.45, 2.75) is 32.9 Å². The normalized spacial score (nSPS) is 11.8. The maximum absolute atomic E-state index is 13.4. The first kappa shape index (κ1) is 34.6. The van der Waals surface area contributed by atoms with Crippen LogP contribution in [-0.2, 0) is 22.4 Å². The van der Waals surface area contributed by atoms with Crippen molar-refractivity contribution >= 4 is 12.3 Å². The monoisotopic (exact) mass is 669 g/mol. The van der Waals surface area contributed by atoms with Gasteiger partial charge in [-0.25, -0.2) is 4.79 Å². The van der Waals surface area contributed by atoms with Gasteiger partial charge < -0.3 is 18.9 Å². The minimum Gasteiger partial charge on any atom is -0.497 e. The van der Waals surface area contributed by atoms with Crippen molar-refractivity contribution in [3.8, 4) is 33.8 Å². The van der Waals surface area contributed by atoms with E-state index >= 15 is 0 Å². The lowest BCUT2D eigenvalue weighted by atomic mass is 9.82. The molecule has 7 nitrogen and oxygen atoms in total. The van der Waals surface area contributed by atoms with Gasteiger partial charge >= 0.3 is 5.97 Å². The summed E-state index contributed by atoms with van der Waals surface area (Å²) in [6.07, 6.45) is 1.75. The largest absolute Gasteiger partial charge is 0.497 e. The third-order valence-electron chi connectivity index (χ3n) is 9.77. The molecule has 0 aliphatic heterocycles. The Bertz CT molecular complexity index is 1970. The zero-order valence-electron chi connectivity index (χ0n) is 29.5. The Hall–Kier alpha value is -5.24. The number of aldehydes is 1. The molecule has 0 bridgehead atoms. The van der Waals surface area contributed by atoms with Crippen LogP contribution in [0.4, 0.5) is 0 Å². The molecule has 5 aromatic carbocycles. The number of rotatable bonds is 13. The molecule has 50 heavy (non-hydrogen) atoms. The van der Waals surface area contributed by atoms with Crippen molar-refractivity contribution in [2.75, 3.05) is 41.6 Å². The van der Waals surface area contributed by atoms with Gasteiger partial charge in [-0.3, -0.25) is 9.69 Å². The second kappa shape index (κ2) is 15.1. The molecule has 0 fully saturated rings. The highest BCUT2D eigenvalue weighted by Gasteiger charge is 2.31. The predicted octanol–water partition coefficient (Wildman–Crippen LogP) is 8.40. The van der Waals surface area contributed by atoms with E-state index in [4.69, 9.17) is 18.9 Å². The molecule has 0 atom stereocenters. The van der Waals surface area contributed by atoms with Gasteiger partial charge in [0.1, 0.15) is 18.1 Å². The number of methoxy groups -OCH3 is 3. The fourth-order valence-electron chi connectivity index (χ4n) is 7.24. The molecular formula is C43H43NO6. The van der Waals surface area contributed by atoms with Gasteiger partial charge in [-0.05, 0) is 125 Å². The summed E-state index contributed by atoms with van der Waals surface area (Å²) in [5.41, 5.74) is 12.6. The number of benzene rings is 5. The average molecular weight is 670 g/mol. The zero-order valence-corrected chi connectivity index (χ0v) is 29.5. The molecular weight excluding hydrogens is 626 g/mol. The van der Waals surface area contributed by atoms with E-state index in [1.54, 1.807) is 27.4 Å². The van der Waals surface area contributed by atoms with Gasteiger partial charge in [-0.15, -0.1) is 0 Å². The molecule has 0 saturated carbocycles. The summed E-state index contributed by atoms with van der Waals surface area (Å²) in [5.74, 6) is 1.14. The highest BCUT2D eigenvalue weighted by molar-refractivity contribution is 6.00. The van der Waals surface area contributed by atoms with Crippen molar-refractivity contribution in [3.63, 3.8) is 0 Å². The van der Waals surface area contributed by atoms with Crippen molar-refractivity contribution in [1.29, 1.82) is 0 Å². The van der Waals surface area contributed by atoms with Crippen LogP contribution >= 0.6 is 0 Å². The quantitative estimate of drug-likeness (QED) is 0.0695. The predicted molar refractivity (Wildman–Crippen MR) is 196 cm³/mol. The van der Waals surface area contributed by atoms with E-state index in [9.17, 15) is 9.59 Å². The lowest BCUT2D eigenvalue weighted by molar-refractivity contribution is 0.0388. The van der Waals surface area contributed by atoms with E-state index in [0.29, 0.717) is 24.3 Å². The van der Waals surface area contributed by atoms with Crippen molar-refractivity contribution in [1.82, 2.24) is 4.90 Å². The maximum Gasteiger partial charge on any atom is 0.338 e. The molecule has 6 rings (SSSR count). The molecule has 0 aromatic heterocycles. The van der Waals surface area contributed by atoms with Crippen LogP contribution in [0.2, 0.25) is 0 Å². The Morgan fingerprint density at radius 3 is 2.04 bits per heavy atom. The summed E-state index contributed by atoms with van der Waals surface area (Å²) in [5, 5.41) is 0. The number of hydrogen-bond acceptors (Lipinski definition) is 7. The minimum atomic E-state index is -0.414. The van der Waals surface area contributed by atoms with Gasteiger partial charge in [-0.2, -0.15) is 0 Å². The molecule has 7 heteroatoms. The van der Waals surface area contributed by atoms with Gasteiger partial charge in [0.25, 0.3) is 0 Å². The highest BCUT2D eigenvalue weighted by Crippen LogP contribution is 2.47. The second-order valence-corrected chi connectivity index (χ2v) is 12.7. The van der Waals surface area contributed by atoms with Crippen molar-refractivity contribution < 1.29 is 28.5 Å². The van der Waals surface area contributed by atoms with Gasteiger partial charge in [0, 0.05) is 19.2 Å². The van der Waals surface area contributed by atoms with E-state index in [-0.39, 0.29) is 12.6 Å². The van der Waals surface area contributed by atoms with Crippen LogP contribution in [0, 0.1) is 13.8 Å².